The van der Waals surface area contributed by atoms with Crippen molar-refractivity contribution in [1.82, 2.24) is 0 Å². The van der Waals surface area contributed by atoms with Crippen LogP contribution in [0.3, 0.4) is 0 Å². The molecule has 5 nitrogen and oxygen atoms in total. The van der Waals surface area contributed by atoms with E-state index in [-0.39, 0.29) is 23.9 Å². The number of rotatable bonds is 7. The molecule has 7 heteroatoms. The molecule has 0 aliphatic heterocycles. The first-order valence-electron chi connectivity index (χ1n) is 8.48. The molecule has 0 saturated heterocycles. The second kappa shape index (κ2) is 8.87. The Morgan fingerprint density at radius 3 is 2.25 bits per heavy atom. The molecular weight excluding hydrogens is 399 g/mol. The van der Waals surface area contributed by atoms with E-state index in [9.17, 15) is 14.9 Å². The molecule has 142 valence electrons. The first kappa shape index (κ1) is 19.9. The van der Waals surface area contributed by atoms with Crippen molar-refractivity contribution in [2.24, 2.45) is 0 Å². The summed E-state index contributed by atoms with van der Waals surface area (Å²) in [6.07, 6.45) is 0.180. The van der Waals surface area contributed by atoms with Crippen LogP contribution in [0.5, 0.6) is 0 Å². The maximum absolute atomic E-state index is 12.7. The standard InChI is InChI=1S/C21H16Cl2N2O3/c22-18-11-6-15(12-19(18)23)20(13-21(26)14-4-2-1-3-5-14)24-16-7-9-17(10-8-16)25(27)28/h1-12,20,24H,13H2. The van der Waals surface area contributed by atoms with Crippen LogP contribution in [0.15, 0.2) is 72.8 Å². The second-order valence-corrected chi connectivity index (χ2v) is 6.98. The molecule has 0 amide bonds. The Morgan fingerprint density at radius 2 is 1.64 bits per heavy atom. The van der Waals surface area contributed by atoms with Gasteiger partial charge >= 0.3 is 0 Å². The Morgan fingerprint density at radius 1 is 0.964 bits per heavy atom. The molecule has 0 bridgehead atoms. The van der Waals surface area contributed by atoms with Crippen LogP contribution in [0.2, 0.25) is 10.0 Å². The zero-order chi connectivity index (χ0) is 20.1. The Hall–Kier alpha value is -2.89. The molecule has 28 heavy (non-hydrogen) atoms. The largest absolute Gasteiger partial charge is 0.378 e. The van der Waals surface area contributed by atoms with Crippen LogP contribution in [0.1, 0.15) is 28.4 Å². The number of hydrogen-bond acceptors (Lipinski definition) is 4. The molecule has 0 spiro atoms. The predicted octanol–water partition coefficient (Wildman–Crippen LogP) is 6.33. The number of Topliss-reactive ketones (excluding diaryl/α,β-unsaturated/α-hetero) is 1. The smallest absolute Gasteiger partial charge is 0.269 e. The lowest BCUT2D eigenvalue weighted by Crippen LogP contribution is -2.16. The number of nitrogens with zero attached hydrogens (tertiary/aromatic N) is 1. The van der Waals surface area contributed by atoms with Gasteiger partial charge in [-0.15, -0.1) is 0 Å². The molecule has 0 aliphatic rings. The minimum absolute atomic E-state index is 0.00278. The van der Waals surface area contributed by atoms with Crippen LogP contribution >= 0.6 is 23.2 Å². The fourth-order valence-corrected chi connectivity index (χ4v) is 3.10. The minimum atomic E-state index is -0.459. The minimum Gasteiger partial charge on any atom is -0.378 e. The molecule has 0 radical (unpaired) electrons. The van der Waals surface area contributed by atoms with Crippen molar-refractivity contribution in [3.05, 3.63) is 104 Å². The Labute approximate surface area is 172 Å². The maximum Gasteiger partial charge on any atom is 0.269 e. The van der Waals surface area contributed by atoms with E-state index < -0.39 is 4.92 Å². The highest BCUT2D eigenvalue weighted by Gasteiger charge is 2.19. The van der Waals surface area contributed by atoms with E-state index in [1.54, 1.807) is 42.5 Å². The zero-order valence-electron chi connectivity index (χ0n) is 14.6. The number of nitro groups is 1. The van der Waals surface area contributed by atoms with Crippen LogP contribution in [0, 0.1) is 10.1 Å². The van der Waals surface area contributed by atoms with E-state index in [1.165, 1.54) is 12.1 Å². The van der Waals surface area contributed by atoms with Gasteiger partial charge < -0.3 is 5.32 Å². The number of halogens is 2. The first-order valence-corrected chi connectivity index (χ1v) is 9.24. The lowest BCUT2D eigenvalue weighted by molar-refractivity contribution is -0.384. The van der Waals surface area contributed by atoms with Gasteiger partial charge in [0.2, 0.25) is 0 Å². The van der Waals surface area contributed by atoms with E-state index in [0.717, 1.165) is 5.56 Å². The van der Waals surface area contributed by atoms with Crippen molar-refractivity contribution in [3.8, 4) is 0 Å². The molecular formula is C21H16Cl2N2O3. The van der Waals surface area contributed by atoms with Gasteiger partial charge in [0.15, 0.2) is 5.78 Å². The molecule has 0 heterocycles. The highest BCUT2D eigenvalue weighted by atomic mass is 35.5. The highest BCUT2D eigenvalue weighted by molar-refractivity contribution is 6.42. The Kier molecular flexibility index (Phi) is 6.29. The van der Waals surface area contributed by atoms with Crippen LogP contribution in [0.4, 0.5) is 11.4 Å². The van der Waals surface area contributed by atoms with E-state index in [2.05, 4.69) is 5.32 Å². The van der Waals surface area contributed by atoms with Crippen molar-refractivity contribution in [2.75, 3.05) is 5.32 Å². The van der Waals surface area contributed by atoms with E-state index in [4.69, 9.17) is 23.2 Å². The average Bonchev–Trinajstić information content (AvgIpc) is 2.70. The number of anilines is 1. The summed E-state index contributed by atoms with van der Waals surface area (Å²) in [5, 5.41) is 14.9. The van der Waals surface area contributed by atoms with Gasteiger partial charge in [-0.1, -0.05) is 59.6 Å². The third-order valence-corrected chi connectivity index (χ3v) is 4.99. The van der Waals surface area contributed by atoms with Gasteiger partial charge in [-0.2, -0.15) is 0 Å². The topological polar surface area (TPSA) is 72.2 Å². The van der Waals surface area contributed by atoms with E-state index >= 15 is 0 Å². The number of nitro benzene ring substituents is 1. The summed E-state index contributed by atoms with van der Waals surface area (Å²) in [5.41, 5.74) is 2.05. The fourth-order valence-electron chi connectivity index (χ4n) is 2.79. The number of carbonyl (C=O) groups is 1. The van der Waals surface area contributed by atoms with Gasteiger partial charge in [-0.3, -0.25) is 14.9 Å². The molecule has 1 N–H and O–H groups in total. The second-order valence-electron chi connectivity index (χ2n) is 6.17. The molecule has 0 saturated carbocycles. The molecule has 0 fully saturated rings. The lowest BCUT2D eigenvalue weighted by atomic mass is 9.97. The third kappa shape index (κ3) is 4.88. The quantitative estimate of drug-likeness (QED) is 0.278. The monoisotopic (exact) mass is 414 g/mol. The van der Waals surface area contributed by atoms with Crippen molar-refractivity contribution in [1.29, 1.82) is 0 Å². The van der Waals surface area contributed by atoms with Gasteiger partial charge in [0.25, 0.3) is 5.69 Å². The molecule has 0 aromatic heterocycles. The Balaban J connectivity index is 1.88. The van der Waals surface area contributed by atoms with Crippen molar-refractivity contribution in [2.45, 2.75) is 12.5 Å². The number of non-ortho nitro benzene ring substituents is 1. The highest BCUT2D eigenvalue weighted by Crippen LogP contribution is 2.30. The molecule has 3 aromatic rings. The van der Waals surface area contributed by atoms with Crippen LogP contribution < -0.4 is 5.32 Å². The van der Waals surface area contributed by atoms with Crippen LogP contribution in [-0.2, 0) is 0 Å². The summed E-state index contributed by atoms with van der Waals surface area (Å²) in [6, 6.07) is 19.8. The zero-order valence-corrected chi connectivity index (χ0v) is 16.2. The maximum atomic E-state index is 12.7. The summed E-state index contributed by atoms with van der Waals surface area (Å²) in [4.78, 5) is 23.1. The Bertz CT molecular complexity index is 992. The average molecular weight is 415 g/mol. The molecule has 0 aliphatic carbocycles. The van der Waals surface area contributed by atoms with Gasteiger partial charge in [0, 0.05) is 29.8 Å². The number of ketones is 1. The normalized spacial score (nSPS) is 11.6. The number of carbonyl (C=O) groups excluding carboxylic acids is 1. The summed E-state index contributed by atoms with van der Waals surface area (Å²) in [6.45, 7) is 0. The van der Waals surface area contributed by atoms with Crippen molar-refractivity contribution < 1.29 is 9.72 Å². The predicted molar refractivity (Wildman–Crippen MR) is 111 cm³/mol. The van der Waals surface area contributed by atoms with Gasteiger partial charge in [-0.05, 0) is 29.8 Å². The molecule has 1 unspecified atom stereocenters. The van der Waals surface area contributed by atoms with Gasteiger partial charge in [0.1, 0.15) is 0 Å². The van der Waals surface area contributed by atoms with Crippen molar-refractivity contribution >= 4 is 40.4 Å². The van der Waals surface area contributed by atoms with Crippen LogP contribution in [-0.4, -0.2) is 10.7 Å². The number of hydrogen-bond donors (Lipinski definition) is 1. The fraction of sp³-hybridized carbons (Fsp3) is 0.0952. The number of benzene rings is 3. The lowest BCUT2D eigenvalue weighted by Gasteiger charge is -2.20. The number of nitrogens with one attached hydrogen (secondary N) is 1. The van der Waals surface area contributed by atoms with Crippen LogP contribution in [0.25, 0.3) is 0 Å². The van der Waals surface area contributed by atoms with Gasteiger partial charge in [-0.25, -0.2) is 0 Å². The molecule has 3 rings (SSSR count). The van der Waals surface area contributed by atoms with Crippen molar-refractivity contribution in [3.63, 3.8) is 0 Å². The van der Waals surface area contributed by atoms with Gasteiger partial charge in [0.05, 0.1) is 21.0 Å². The summed E-state index contributed by atoms with van der Waals surface area (Å²) >= 11 is 12.2. The van der Waals surface area contributed by atoms with E-state index in [1.807, 2.05) is 18.2 Å². The molecule has 3 aromatic carbocycles. The summed E-state index contributed by atoms with van der Waals surface area (Å²) < 4.78 is 0. The SMILES string of the molecule is O=C(CC(Nc1ccc([N+](=O)[O-])cc1)c1ccc(Cl)c(Cl)c1)c1ccccc1. The summed E-state index contributed by atoms with van der Waals surface area (Å²) in [7, 11) is 0. The van der Waals surface area contributed by atoms with E-state index in [0.29, 0.717) is 21.3 Å². The summed E-state index contributed by atoms with van der Waals surface area (Å²) in [5.74, 6) is -0.0360. The molecule has 1 atom stereocenters. The first-order chi connectivity index (χ1) is 13.4. The third-order valence-electron chi connectivity index (χ3n) is 4.25.